The third-order valence-electron chi connectivity index (χ3n) is 1.48. The quantitative estimate of drug-likeness (QED) is 0.229. The van der Waals surface area contributed by atoms with Crippen LogP contribution in [0.4, 0.5) is 0 Å². The van der Waals surface area contributed by atoms with Gasteiger partial charge in [0.05, 0.1) is 0 Å². The predicted molar refractivity (Wildman–Crippen MR) is 62.3 cm³/mol. The van der Waals surface area contributed by atoms with Crippen LogP contribution >= 0.6 is 11.8 Å². The first-order chi connectivity index (χ1) is 7.35. The van der Waals surface area contributed by atoms with Crippen molar-refractivity contribution in [3.8, 4) is 0 Å². The van der Waals surface area contributed by atoms with Gasteiger partial charge in [-0.05, 0) is 24.3 Å². The predicted octanol–water partition coefficient (Wildman–Crippen LogP) is 1.77. The fourth-order valence-corrected chi connectivity index (χ4v) is 1.77. The summed E-state index contributed by atoms with van der Waals surface area (Å²) in [6.45, 7) is 0. The average molecular weight is 481 g/mol. The summed E-state index contributed by atoms with van der Waals surface area (Å²) in [6, 6.07) is 10.2. The van der Waals surface area contributed by atoms with E-state index in [4.69, 9.17) is 4.79 Å². The first-order valence-electron chi connectivity index (χ1n) is 4.54. The van der Waals surface area contributed by atoms with Gasteiger partial charge < -0.3 is 15.3 Å². The molecule has 5 heteroatoms. The van der Waals surface area contributed by atoms with Crippen LogP contribution in [0.15, 0.2) is 35.2 Å². The average Bonchev–Trinajstić information content (AvgIpc) is 2.27. The molecule has 0 bridgehead atoms. The molecule has 0 unspecified atom stereocenters. The number of amides is 1. The Morgan fingerprint density at radius 2 is 1.88 bits per heavy atom. The summed E-state index contributed by atoms with van der Waals surface area (Å²) in [7, 11) is 0. The van der Waals surface area contributed by atoms with Crippen molar-refractivity contribution in [2.24, 2.45) is 5.73 Å². The molecule has 0 fully saturated rings. The maximum Gasteiger partial charge on any atom is 0.120 e. The standard InChI is InChI=1S/C10H12OS.CH2NO.Fm/c11-8-4-5-9-12-10-6-2-1-3-7-10;2-1-3;/h1-3,6-8H,4-5,9H2;(H2,2,3);/q;-1;. The van der Waals surface area contributed by atoms with Crippen LogP contribution in [0.5, 0.6) is 0 Å². The van der Waals surface area contributed by atoms with Crippen LogP contribution in [0.1, 0.15) is 12.8 Å². The molecule has 16 heavy (non-hydrogen) atoms. The zero-order chi connectivity index (χ0) is 11.4. The van der Waals surface area contributed by atoms with Gasteiger partial charge in [-0.25, -0.2) is 0 Å². The van der Waals surface area contributed by atoms with Crippen molar-refractivity contribution in [2.75, 3.05) is 5.75 Å². The van der Waals surface area contributed by atoms with Crippen LogP contribution in [0.25, 0.3) is 0 Å². The molecule has 0 aliphatic carbocycles. The number of carbonyl (C=O) groups excluding carboxylic acids is 2. The molecule has 0 atom stereocenters. The third kappa shape index (κ3) is 9.80. The summed E-state index contributed by atoms with van der Waals surface area (Å²) >= 11 is 1.80. The number of thioether (sulfide) groups is 1. The molecule has 0 aromatic heterocycles. The van der Waals surface area contributed by atoms with E-state index in [2.05, 4.69) is 17.9 Å². The first-order valence-corrected chi connectivity index (χ1v) is 5.53. The van der Waals surface area contributed by atoms with Crippen molar-refractivity contribution in [3.05, 3.63) is 30.3 Å². The van der Waals surface area contributed by atoms with Gasteiger partial charge in [-0.15, -0.1) is 11.8 Å². The second-order valence-electron chi connectivity index (χ2n) is 2.59. The van der Waals surface area contributed by atoms with E-state index in [0.717, 1.165) is 24.9 Å². The minimum absolute atomic E-state index is 0. The van der Waals surface area contributed by atoms with Crippen LogP contribution in [0.2, 0.25) is 0 Å². The summed E-state index contributed by atoms with van der Waals surface area (Å²) in [5.41, 5.74) is 4.04. The number of unbranched alkanes of at least 4 members (excludes halogenated alkanes) is 1. The fraction of sp³-hybridized carbons (Fsp3) is 0.273. The van der Waals surface area contributed by atoms with Crippen LogP contribution in [0, 0.1) is 0 Å². The Hall–Kier alpha value is -2.29. The Balaban J connectivity index is 0. The summed E-state index contributed by atoms with van der Waals surface area (Å²) in [5.74, 6) is 1.03. The summed E-state index contributed by atoms with van der Waals surface area (Å²) in [6.07, 6.45) is 3.63. The Labute approximate surface area is 94.0 Å². The molecule has 1 amide bonds. The van der Waals surface area contributed by atoms with Crippen molar-refractivity contribution in [3.63, 3.8) is 0 Å². The van der Waals surface area contributed by atoms with Gasteiger partial charge >= 0.3 is 0 Å². The van der Waals surface area contributed by atoms with E-state index < -0.39 is 0 Å². The Morgan fingerprint density at radius 3 is 2.38 bits per heavy atom. The van der Waals surface area contributed by atoms with Crippen molar-refractivity contribution in [2.45, 2.75) is 17.7 Å². The number of benzene rings is 1. The molecule has 0 radical (unpaired) electrons. The third-order valence-corrected chi connectivity index (χ3v) is 2.58. The van der Waals surface area contributed by atoms with Gasteiger partial charge in [0.2, 0.25) is 0 Å². The monoisotopic (exact) mass is 481 g/mol. The van der Waals surface area contributed by atoms with E-state index in [-0.39, 0.29) is 0 Å². The van der Waals surface area contributed by atoms with Gasteiger partial charge in [-0.2, -0.15) is 6.41 Å². The van der Waals surface area contributed by atoms with Crippen LogP contribution < -0.4 is 5.73 Å². The van der Waals surface area contributed by atoms with E-state index in [0.29, 0.717) is 6.42 Å². The summed E-state index contributed by atoms with van der Waals surface area (Å²) in [4.78, 5) is 19.7. The number of carbonyl (C=O) groups is 1. The van der Waals surface area contributed by atoms with E-state index >= 15 is 0 Å². The zero-order valence-corrected chi connectivity index (χ0v) is 11.9. The zero-order valence-electron chi connectivity index (χ0n) is 8.68. The first kappa shape index (κ1) is 16.2. The molecule has 0 spiro atoms. The Kier molecular flexibility index (Phi) is 12.8. The molecular weight excluding hydrogens is 467 g/mol. The molecule has 3 nitrogen and oxygen atoms in total. The van der Waals surface area contributed by atoms with Gasteiger partial charge in [0.1, 0.15) is 6.29 Å². The molecule has 0 aliphatic rings. The smallest absolute Gasteiger partial charge is 0.120 e. The van der Waals surface area contributed by atoms with Crippen molar-refractivity contribution in [1.82, 2.24) is 0 Å². The number of hydrogen-bond donors (Lipinski definition) is 1. The van der Waals surface area contributed by atoms with E-state index in [1.54, 1.807) is 11.8 Å². The SMILES string of the molecule is N[C-]=O.O=CCCCSc1ccccc1.[Fm]. The van der Waals surface area contributed by atoms with Gasteiger partial charge in [0.25, 0.3) is 0 Å². The molecule has 1 aromatic rings. The second kappa shape index (κ2) is 12.7. The number of rotatable bonds is 5. The largest absolute Gasteiger partial charge is 0.543 e. The number of hydrogen-bond acceptors (Lipinski definition) is 3. The normalized spacial score (nSPS) is 8.00. The van der Waals surface area contributed by atoms with Crippen molar-refractivity contribution < 1.29 is 9.59 Å². The van der Waals surface area contributed by atoms with E-state index in [1.807, 2.05) is 18.2 Å². The fourth-order valence-electron chi connectivity index (χ4n) is 0.873. The molecule has 2 N–H and O–H groups in total. The molecule has 1 aromatic carbocycles. The number of primary amides is 1. The summed E-state index contributed by atoms with van der Waals surface area (Å²) in [5, 5.41) is 0. The number of nitrogens with two attached hydrogens (primary N) is 1. The van der Waals surface area contributed by atoms with Gasteiger partial charge in [-0.1, -0.05) is 18.2 Å². The van der Waals surface area contributed by atoms with Gasteiger partial charge in [0, 0.05) is 11.3 Å². The minimum Gasteiger partial charge on any atom is -0.543 e. The molecule has 1 rings (SSSR count). The van der Waals surface area contributed by atoms with Crippen LogP contribution in [0.3, 0.4) is 0 Å². The van der Waals surface area contributed by atoms with Gasteiger partial charge in [-0.3, -0.25) is 0 Å². The van der Waals surface area contributed by atoms with E-state index in [9.17, 15) is 4.79 Å². The Morgan fingerprint density at radius 1 is 1.31 bits per heavy atom. The van der Waals surface area contributed by atoms with Crippen LogP contribution in [-0.4, -0.2) is 18.4 Å². The molecule has 0 aliphatic heterocycles. The second-order valence-corrected chi connectivity index (χ2v) is 3.76. The van der Waals surface area contributed by atoms with Crippen molar-refractivity contribution >= 4 is 24.5 Å². The van der Waals surface area contributed by atoms with Crippen molar-refractivity contribution in [1.29, 1.82) is 0 Å². The maximum absolute atomic E-state index is 10.0. The Bertz CT molecular complexity index is 270. The summed E-state index contributed by atoms with van der Waals surface area (Å²) < 4.78 is 0. The molecule has 0 heterocycles. The molecular formula is C11H14FmNO2S-. The van der Waals surface area contributed by atoms with E-state index in [1.165, 1.54) is 4.90 Å². The maximum atomic E-state index is 10.0. The minimum atomic E-state index is 0. The molecule has 94 valence electrons. The molecule has 0 saturated heterocycles. The number of aldehydes is 1. The van der Waals surface area contributed by atoms with Gasteiger partial charge in [0.15, 0.2) is 0 Å². The van der Waals surface area contributed by atoms with Crippen LogP contribution in [-0.2, 0) is 9.59 Å². The topological polar surface area (TPSA) is 60.2 Å². The molecule has 0 saturated carbocycles.